The summed E-state index contributed by atoms with van der Waals surface area (Å²) in [4.78, 5) is 22.2. The topological polar surface area (TPSA) is 69.4 Å². The van der Waals surface area contributed by atoms with Crippen LogP contribution >= 0.6 is 22.6 Å². The van der Waals surface area contributed by atoms with E-state index in [1.165, 1.54) is 12.1 Å². The third kappa shape index (κ3) is 4.01. The summed E-state index contributed by atoms with van der Waals surface area (Å²) in [5.41, 5.74) is 1.11. The van der Waals surface area contributed by atoms with Gasteiger partial charge in [0.15, 0.2) is 12.4 Å². The number of nitro benzene ring substituents is 1. The number of hydrogen-bond acceptors (Lipinski definition) is 4. The first-order valence-corrected chi connectivity index (χ1v) is 7.22. The zero-order valence-corrected chi connectivity index (χ0v) is 13.4. The molecule has 21 heavy (non-hydrogen) atoms. The van der Waals surface area contributed by atoms with Crippen LogP contribution in [-0.2, 0) is 0 Å². The van der Waals surface area contributed by atoms with Gasteiger partial charge in [-0.3, -0.25) is 14.9 Å². The van der Waals surface area contributed by atoms with E-state index in [1.54, 1.807) is 25.1 Å². The lowest BCUT2D eigenvalue weighted by Gasteiger charge is -2.07. The number of hydrogen-bond donors (Lipinski definition) is 0. The van der Waals surface area contributed by atoms with E-state index in [4.69, 9.17) is 4.74 Å². The Morgan fingerprint density at radius 2 is 1.90 bits per heavy atom. The number of benzene rings is 2. The molecule has 2 rings (SSSR count). The highest BCUT2D eigenvalue weighted by atomic mass is 127. The molecule has 2 aromatic carbocycles. The Labute approximate surface area is 135 Å². The second kappa shape index (κ2) is 6.66. The molecule has 5 nitrogen and oxygen atoms in total. The van der Waals surface area contributed by atoms with Crippen LogP contribution in [0.4, 0.5) is 5.69 Å². The van der Waals surface area contributed by atoms with Crippen LogP contribution in [0.2, 0.25) is 0 Å². The average Bonchev–Trinajstić information content (AvgIpc) is 2.45. The minimum Gasteiger partial charge on any atom is -0.485 e. The second-order valence-corrected chi connectivity index (χ2v) is 5.67. The van der Waals surface area contributed by atoms with Crippen molar-refractivity contribution in [2.24, 2.45) is 0 Å². The zero-order valence-electron chi connectivity index (χ0n) is 11.2. The standard InChI is InChI=1S/C15H12INO4/c1-10-8-13(6-7-14(10)17(19)20)21-9-15(18)11-2-4-12(16)5-3-11/h2-8H,9H2,1H3. The lowest BCUT2D eigenvalue weighted by molar-refractivity contribution is -0.385. The van der Waals surface area contributed by atoms with Gasteiger partial charge in [-0.2, -0.15) is 0 Å². The number of ether oxygens (including phenoxy) is 1. The maximum atomic E-state index is 12.0. The van der Waals surface area contributed by atoms with Crippen LogP contribution in [0.1, 0.15) is 15.9 Å². The van der Waals surface area contributed by atoms with Gasteiger partial charge in [-0.15, -0.1) is 0 Å². The van der Waals surface area contributed by atoms with Gasteiger partial charge in [-0.05, 0) is 53.8 Å². The predicted molar refractivity (Wildman–Crippen MR) is 86.8 cm³/mol. The van der Waals surface area contributed by atoms with E-state index in [-0.39, 0.29) is 18.1 Å². The number of rotatable bonds is 5. The molecule has 0 N–H and O–H groups in total. The molecule has 108 valence electrons. The lowest BCUT2D eigenvalue weighted by Crippen LogP contribution is -2.11. The number of carbonyl (C=O) groups is 1. The van der Waals surface area contributed by atoms with Crippen LogP contribution in [0.3, 0.4) is 0 Å². The first-order chi connectivity index (χ1) is 9.97. The molecular formula is C15H12INO4. The number of Topliss-reactive ketones (excluding diaryl/α,β-unsaturated/α-hetero) is 1. The van der Waals surface area contributed by atoms with E-state index in [0.29, 0.717) is 16.9 Å². The maximum Gasteiger partial charge on any atom is 0.272 e. The van der Waals surface area contributed by atoms with Crippen molar-refractivity contribution in [1.82, 2.24) is 0 Å². The summed E-state index contributed by atoms with van der Waals surface area (Å²) in [5.74, 6) is 0.305. The molecule has 6 heteroatoms. The van der Waals surface area contributed by atoms with Crippen molar-refractivity contribution >= 4 is 34.1 Å². The van der Waals surface area contributed by atoms with E-state index in [2.05, 4.69) is 22.6 Å². The Balaban J connectivity index is 2.03. The van der Waals surface area contributed by atoms with Crippen molar-refractivity contribution in [1.29, 1.82) is 0 Å². The molecule has 0 saturated heterocycles. The summed E-state index contributed by atoms with van der Waals surface area (Å²) < 4.78 is 6.45. The molecule has 0 aliphatic heterocycles. The molecule has 0 heterocycles. The normalized spacial score (nSPS) is 10.2. The summed E-state index contributed by atoms with van der Waals surface area (Å²) in [6, 6.07) is 11.6. The van der Waals surface area contributed by atoms with Gasteiger partial charge in [0.1, 0.15) is 5.75 Å². The number of aryl methyl sites for hydroxylation is 1. The Morgan fingerprint density at radius 1 is 1.24 bits per heavy atom. The number of ketones is 1. The Hall–Kier alpha value is -1.96. The first-order valence-electron chi connectivity index (χ1n) is 6.14. The van der Waals surface area contributed by atoms with Gasteiger partial charge in [0.25, 0.3) is 5.69 Å². The van der Waals surface area contributed by atoms with E-state index in [0.717, 1.165) is 3.57 Å². The molecule has 0 aliphatic rings. The van der Waals surface area contributed by atoms with Gasteiger partial charge in [0, 0.05) is 20.8 Å². The fourth-order valence-electron chi connectivity index (χ4n) is 1.79. The zero-order chi connectivity index (χ0) is 15.4. The highest BCUT2D eigenvalue weighted by Gasteiger charge is 2.12. The van der Waals surface area contributed by atoms with Gasteiger partial charge in [0.05, 0.1) is 4.92 Å². The number of nitro groups is 1. The highest BCUT2D eigenvalue weighted by Crippen LogP contribution is 2.23. The monoisotopic (exact) mass is 397 g/mol. The van der Waals surface area contributed by atoms with Crippen LogP contribution < -0.4 is 4.74 Å². The molecule has 0 atom stereocenters. The molecule has 0 aromatic heterocycles. The average molecular weight is 397 g/mol. The summed E-state index contributed by atoms with van der Waals surface area (Å²) in [6.07, 6.45) is 0. The van der Waals surface area contributed by atoms with Gasteiger partial charge in [-0.1, -0.05) is 12.1 Å². The third-order valence-electron chi connectivity index (χ3n) is 2.90. The highest BCUT2D eigenvalue weighted by molar-refractivity contribution is 14.1. The van der Waals surface area contributed by atoms with E-state index < -0.39 is 4.92 Å². The van der Waals surface area contributed by atoms with Gasteiger partial charge in [-0.25, -0.2) is 0 Å². The van der Waals surface area contributed by atoms with Crippen LogP contribution in [0, 0.1) is 20.6 Å². The van der Waals surface area contributed by atoms with Crippen LogP contribution in [0.5, 0.6) is 5.75 Å². The molecule has 0 radical (unpaired) electrons. The fourth-order valence-corrected chi connectivity index (χ4v) is 2.15. The molecule has 0 unspecified atom stereocenters. The van der Waals surface area contributed by atoms with Crippen molar-refractivity contribution in [3.05, 3.63) is 67.3 Å². The maximum absolute atomic E-state index is 12.0. The molecule has 0 fully saturated rings. The summed E-state index contributed by atoms with van der Waals surface area (Å²) in [7, 11) is 0. The van der Waals surface area contributed by atoms with Crippen molar-refractivity contribution in [2.75, 3.05) is 6.61 Å². The second-order valence-electron chi connectivity index (χ2n) is 4.42. The van der Waals surface area contributed by atoms with Gasteiger partial charge < -0.3 is 4.74 Å². The third-order valence-corrected chi connectivity index (χ3v) is 3.62. The van der Waals surface area contributed by atoms with Crippen molar-refractivity contribution in [3.8, 4) is 5.75 Å². The molecule has 0 aliphatic carbocycles. The quantitative estimate of drug-likeness (QED) is 0.333. The summed E-state index contributed by atoms with van der Waals surface area (Å²) in [5, 5.41) is 10.7. The fraction of sp³-hybridized carbons (Fsp3) is 0.133. The van der Waals surface area contributed by atoms with Crippen molar-refractivity contribution < 1.29 is 14.5 Å². The van der Waals surface area contributed by atoms with Crippen LogP contribution in [0.25, 0.3) is 0 Å². The minimum atomic E-state index is -0.449. The lowest BCUT2D eigenvalue weighted by atomic mass is 10.1. The molecule has 0 bridgehead atoms. The Bertz CT molecular complexity index is 683. The number of halogens is 1. The predicted octanol–water partition coefficient (Wildman–Crippen LogP) is 3.77. The van der Waals surface area contributed by atoms with E-state index in [9.17, 15) is 14.9 Å². The van der Waals surface area contributed by atoms with Gasteiger partial charge in [0.2, 0.25) is 0 Å². The molecule has 2 aromatic rings. The van der Waals surface area contributed by atoms with Crippen LogP contribution in [-0.4, -0.2) is 17.3 Å². The van der Waals surface area contributed by atoms with E-state index >= 15 is 0 Å². The summed E-state index contributed by atoms with van der Waals surface area (Å²) >= 11 is 2.16. The van der Waals surface area contributed by atoms with Crippen molar-refractivity contribution in [3.63, 3.8) is 0 Å². The Morgan fingerprint density at radius 3 is 2.48 bits per heavy atom. The molecular weight excluding hydrogens is 385 g/mol. The number of nitrogens with zero attached hydrogens (tertiary/aromatic N) is 1. The van der Waals surface area contributed by atoms with Crippen molar-refractivity contribution in [2.45, 2.75) is 6.92 Å². The first kappa shape index (κ1) is 15.4. The Kier molecular flexibility index (Phi) is 4.89. The SMILES string of the molecule is Cc1cc(OCC(=O)c2ccc(I)cc2)ccc1[N+](=O)[O-]. The van der Waals surface area contributed by atoms with E-state index in [1.807, 2.05) is 12.1 Å². The molecule has 0 amide bonds. The van der Waals surface area contributed by atoms with Gasteiger partial charge >= 0.3 is 0 Å². The minimum absolute atomic E-state index is 0.0336. The smallest absolute Gasteiger partial charge is 0.272 e. The number of carbonyl (C=O) groups excluding carboxylic acids is 1. The largest absolute Gasteiger partial charge is 0.485 e. The summed E-state index contributed by atoms with van der Waals surface area (Å²) in [6.45, 7) is 1.53. The van der Waals surface area contributed by atoms with Crippen LogP contribution in [0.15, 0.2) is 42.5 Å². The molecule has 0 saturated carbocycles. The molecule has 0 spiro atoms.